The Bertz CT molecular complexity index is 685. The average molecular weight is 276 g/mol. The Labute approximate surface area is 115 Å². The van der Waals surface area contributed by atoms with Crippen LogP contribution in [0.25, 0.3) is 21.9 Å². The fourth-order valence-corrected chi connectivity index (χ4v) is 3.35. The number of hydrogen-bond donors (Lipinski definition) is 1. The molecule has 0 saturated carbocycles. The van der Waals surface area contributed by atoms with Crippen molar-refractivity contribution in [1.82, 2.24) is 5.32 Å². The van der Waals surface area contributed by atoms with Gasteiger partial charge in [-0.1, -0.05) is 11.6 Å². The maximum absolute atomic E-state index is 6.38. The van der Waals surface area contributed by atoms with Gasteiger partial charge in [-0.05, 0) is 44.0 Å². The minimum Gasteiger partial charge on any atom is -0.464 e. The fourth-order valence-electron chi connectivity index (χ4n) is 3.06. The first-order chi connectivity index (χ1) is 9.34. The van der Waals surface area contributed by atoms with E-state index in [2.05, 4.69) is 5.32 Å². The summed E-state index contributed by atoms with van der Waals surface area (Å²) in [5.74, 6) is 0.660. The Balaban J connectivity index is 1.95. The molecule has 1 N–H and O–H groups in total. The van der Waals surface area contributed by atoms with E-state index in [0.717, 1.165) is 41.4 Å². The lowest BCUT2D eigenvalue weighted by atomic mass is 9.95. The summed E-state index contributed by atoms with van der Waals surface area (Å²) < 4.78 is 11.2. The topological polar surface area (TPSA) is 38.3 Å². The predicted octanol–water partition coefficient (Wildman–Crippen LogP) is 3.98. The second-order valence-corrected chi connectivity index (χ2v) is 5.56. The highest BCUT2D eigenvalue weighted by Crippen LogP contribution is 2.38. The molecule has 4 rings (SSSR count). The maximum Gasteiger partial charge on any atom is 0.153 e. The molecule has 1 fully saturated rings. The molecule has 1 atom stereocenters. The van der Waals surface area contributed by atoms with Crippen LogP contribution in [0, 0.1) is 5.92 Å². The van der Waals surface area contributed by atoms with Crippen LogP contribution in [0.2, 0.25) is 5.02 Å². The van der Waals surface area contributed by atoms with Gasteiger partial charge in [0.15, 0.2) is 5.58 Å². The highest BCUT2D eigenvalue weighted by Gasteiger charge is 2.22. The summed E-state index contributed by atoms with van der Waals surface area (Å²) in [4.78, 5) is 0. The van der Waals surface area contributed by atoms with Gasteiger partial charge in [0.1, 0.15) is 5.58 Å². The van der Waals surface area contributed by atoms with Crippen LogP contribution >= 0.6 is 11.6 Å². The third-order valence-electron chi connectivity index (χ3n) is 4.02. The van der Waals surface area contributed by atoms with E-state index in [1.54, 1.807) is 12.5 Å². The molecule has 1 aliphatic heterocycles. The van der Waals surface area contributed by atoms with Crippen LogP contribution in [0.1, 0.15) is 12.0 Å². The Morgan fingerprint density at radius 3 is 2.74 bits per heavy atom. The van der Waals surface area contributed by atoms with Crippen LogP contribution in [0.5, 0.6) is 0 Å². The van der Waals surface area contributed by atoms with Crippen molar-refractivity contribution in [3.8, 4) is 0 Å². The molecular weight excluding hydrogens is 262 g/mol. The van der Waals surface area contributed by atoms with Gasteiger partial charge >= 0.3 is 0 Å². The number of rotatable bonds is 2. The zero-order chi connectivity index (χ0) is 12.8. The minimum absolute atomic E-state index is 0.650. The van der Waals surface area contributed by atoms with E-state index in [0.29, 0.717) is 10.9 Å². The Hall–Kier alpha value is -1.45. The largest absolute Gasteiger partial charge is 0.464 e. The van der Waals surface area contributed by atoms with Crippen LogP contribution in [0.4, 0.5) is 0 Å². The van der Waals surface area contributed by atoms with Crippen LogP contribution in [-0.4, -0.2) is 13.1 Å². The summed E-state index contributed by atoms with van der Waals surface area (Å²) in [6.45, 7) is 2.18. The van der Waals surface area contributed by atoms with E-state index in [1.165, 1.54) is 12.0 Å². The molecule has 0 radical (unpaired) electrons. The Morgan fingerprint density at radius 2 is 1.95 bits per heavy atom. The van der Waals surface area contributed by atoms with E-state index in [4.69, 9.17) is 20.4 Å². The lowest BCUT2D eigenvalue weighted by Gasteiger charge is -2.10. The zero-order valence-corrected chi connectivity index (χ0v) is 11.2. The van der Waals surface area contributed by atoms with Crippen molar-refractivity contribution in [3.63, 3.8) is 0 Å². The quantitative estimate of drug-likeness (QED) is 0.769. The molecule has 0 bridgehead atoms. The predicted molar refractivity (Wildman–Crippen MR) is 75.7 cm³/mol. The molecule has 0 aliphatic carbocycles. The summed E-state index contributed by atoms with van der Waals surface area (Å²) in [5, 5.41) is 6.09. The number of hydrogen-bond acceptors (Lipinski definition) is 3. The second kappa shape index (κ2) is 4.29. The smallest absolute Gasteiger partial charge is 0.153 e. The number of nitrogens with one attached hydrogen (secondary N) is 1. The van der Waals surface area contributed by atoms with Gasteiger partial charge in [0.25, 0.3) is 0 Å². The minimum atomic E-state index is 0.650. The SMILES string of the molecule is Clc1c2ccoc2c(CC2CCNC2)c2ccoc12. The number of furan rings is 2. The normalized spacial score (nSPS) is 19.7. The van der Waals surface area contributed by atoms with Gasteiger partial charge in [-0.25, -0.2) is 0 Å². The summed E-state index contributed by atoms with van der Waals surface area (Å²) in [6.07, 6.45) is 5.62. The molecule has 0 spiro atoms. The maximum atomic E-state index is 6.38. The summed E-state index contributed by atoms with van der Waals surface area (Å²) in [7, 11) is 0. The van der Waals surface area contributed by atoms with Crippen molar-refractivity contribution in [2.24, 2.45) is 5.92 Å². The number of benzene rings is 1. The summed E-state index contributed by atoms with van der Waals surface area (Å²) >= 11 is 6.38. The highest BCUT2D eigenvalue weighted by molar-refractivity contribution is 6.40. The molecule has 1 aliphatic rings. The molecule has 3 heterocycles. The molecule has 2 aromatic heterocycles. The van der Waals surface area contributed by atoms with Gasteiger partial charge in [-0.2, -0.15) is 0 Å². The van der Waals surface area contributed by atoms with Gasteiger partial charge in [0, 0.05) is 16.3 Å². The molecule has 1 aromatic carbocycles. The van der Waals surface area contributed by atoms with Crippen molar-refractivity contribution in [3.05, 3.63) is 35.2 Å². The monoisotopic (exact) mass is 275 g/mol. The molecule has 4 heteroatoms. The Kier molecular flexibility index (Phi) is 2.57. The fraction of sp³-hybridized carbons (Fsp3) is 0.333. The van der Waals surface area contributed by atoms with Gasteiger partial charge in [-0.3, -0.25) is 0 Å². The first-order valence-electron chi connectivity index (χ1n) is 6.60. The standard InChI is InChI=1S/C15H14ClNO2/c16-13-11-3-6-18-14(11)12(7-9-1-4-17-8-9)10-2-5-19-15(10)13/h2-3,5-6,9,17H,1,4,7-8H2. The van der Waals surface area contributed by atoms with Crippen molar-refractivity contribution >= 4 is 33.5 Å². The first-order valence-corrected chi connectivity index (χ1v) is 6.98. The number of halogens is 1. The third kappa shape index (κ3) is 1.69. The molecule has 98 valence electrons. The van der Waals surface area contributed by atoms with Gasteiger partial charge in [0.2, 0.25) is 0 Å². The molecule has 1 unspecified atom stereocenters. The Morgan fingerprint density at radius 1 is 1.16 bits per heavy atom. The van der Waals surface area contributed by atoms with E-state index < -0.39 is 0 Å². The van der Waals surface area contributed by atoms with E-state index in [1.807, 2.05) is 12.1 Å². The van der Waals surface area contributed by atoms with Gasteiger partial charge in [0.05, 0.1) is 17.5 Å². The van der Waals surface area contributed by atoms with Crippen molar-refractivity contribution < 1.29 is 8.83 Å². The molecule has 3 nitrogen and oxygen atoms in total. The molecule has 3 aromatic rings. The number of fused-ring (bicyclic) bond motifs is 2. The van der Waals surface area contributed by atoms with Crippen molar-refractivity contribution in [2.75, 3.05) is 13.1 Å². The third-order valence-corrected chi connectivity index (χ3v) is 4.40. The van der Waals surface area contributed by atoms with Gasteiger partial charge < -0.3 is 14.2 Å². The second-order valence-electron chi connectivity index (χ2n) is 5.18. The van der Waals surface area contributed by atoms with E-state index in [-0.39, 0.29) is 0 Å². The zero-order valence-electron chi connectivity index (χ0n) is 10.4. The van der Waals surface area contributed by atoms with Crippen molar-refractivity contribution in [2.45, 2.75) is 12.8 Å². The summed E-state index contributed by atoms with van der Waals surface area (Å²) in [6, 6.07) is 3.90. The molecular formula is C15H14ClNO2. The molecule has 1 saturated heterocycles. The van der Waals surface area contributed by atoms with E-state index >= 15 is 0 Å². The van der Waals surface area contributed by atoms with Crippen LogP contribution in [-0.2, 0) is 6.42 Å². The van der Waals surface area contributed by atoms with Crippen LogP contribution in [0.3, 0.4) is 0 Å². The van der Waals surface area contributed by atoms with Gasteiger partial charge in [-0.15, -0.1) is 0 Å². The molecule has 0 amide bonds. The van der Waals surface area contributed by atoms with E-state index in [9.17, 15) is 0 Å². The van der Waals surface area contributed by atoms with Crippen LogP contribution in [0.15, 0.2) is 33.5 Å². The van der Waals surface area contributed by atoms with Crippen molar-refractivity contribution in [1.29, 1.82) is 0 Å². The molecule has 19 heavy (non-hydrogen) atoms. The lowest BCUT2D eigenvalue weighted by Crippen LogP contribution is -2.11. The summed E-state index contributed by atoms with van der Waals surface area (Å²) in [5.41, 5.74) is 2.91. The van der Waals surface area contributed by atoms with Crippen LogP contribution < -0.4 is 5.32 Å². The average Bonchev–Trinajstić information content (AvgIpc) is 3.13. The highest BCUT2D eigenvalue weighted by atomic mass is 35.5. The lowest BCUT2D eigenvalue weighted by molar-refractivity contribution is 0.567. The first kappa shape index (κ1) is 11.4.